The molecule has 126 valence electrons. The summed E-state index contributed by atoms with van der Waals surface area (Å²) in [6, 6.07) is 13.7. The second kappa shape index (κ2) is 6.09. The number of hydrogen-bond donors (Lipinski definition) is 1. The van der Waals surface area contributed by atoms with Crippen molar-refractivity contribution in [2.24, 2.45) is 0 Å². The van der Waals surface area contributed by atoms with Crippen molar-refractivity contribution in [1.29, 1.82) is 0 Å². The van der Waals surface area contributed by atoms with Crippen molar-refractivity contribution in [2.75, 3.05) is 7.11 Å². The molecule has 1 unspecified atom stereocenters. The van der Waals surface area contributed by atoms with Crippen molar-refractivity contribution >= 4 is 22.8 Å². The second-order valence-corrected chi connectivity index (χ2v) is 6.11. The zero-order valence-electron chi connectivity index (χ0n) is 13.7. The number of para-hydroxylation sites is 1. The van der Waals surface area contributed by atoms with Gasteiger partial charge in [-0.25, -0.2) is 0 Å². The maximum absolute atomic E-state index is 12.2. The van der Waals surface area contributed by atoms with Gasteiger partial charge in [-0.1, -0.05) is 24.3 Å². The Morgan fingerprint density at radius 3 is 2.80 bits per heavy atom. The average molecular weight is 335 g/mol. The largest absolute Gasteiger partial charge is 0.496 e. The van der Waals surface area contributed by atoms with Gasteiger partial charge in [-0.2, -0.15) is 0 Å². The number of piperidine rings is 1. The van der Waals surface area contributed by atoms with Crippen molar-refractivity contribution in [1.82, 2.24) is 5.32 Å². The second-order valence-electron chi connectivity index (χ2n) is 6.11. The number of carbonyl (C=O) groups excluding carboxylic acids is 2. The zero-order valence-corrected chi connectivity index (χ0v) is 13.7. The van der Waals surface area contributed by atoms with Crippen molar-refractivity contribution in [3.05, 3.63) is 54.3 Å². The molecule has 3 aromatic rings. The fourth-order valence-corrected chi connectivity index (χ4v) is 3.36. The molecule has 1 atom stereocenters. The lowest BCUT2D eigenvalue weighted by atomic mass is 9.89. The van der Waals surface area contributed by atoms with E-state index in [4.69, 9.17) is 9.15 Å². The summed E-state index contributed by atoms with van der Waals surface area (Å²) in [5, 5.41) is 3.29. The smallest absolute Gasteiger partial charge is 0.234 e. The molecule has 1 fully saturated rings. The number of methoxy groups -OCH3 is 1. The van der Waals surface area contributed by atoms with E-state index in [1.165, 1.54) is 0 Å². The standard InChI is InChI=1S/C20H17NO4/c1-24-17-5-3-2-4-13(17)12-6-8-18-15(10-12)16(11-25-18)14-7-9-19(22)21-20(14)23/h2-6,8,10-11,14H,7,9H2,1H3,(H,21,22,23). The summed E-state index contributed by atoms with van der Waals surface area (Å²) >= 11 is 0. The molecular formula is C20H17NO4. The minimum absolute atomic E-state index is 0.219. The molecule has 4 rings (SSSR count). The lowest BCUT2D eigenvalue weighted by Gasteiger charge is -2.20. The topological polar surface area (TPSA) is 68.5 Å². The lowest BCUT2D eigenvalue weighted by molar-refractivity contribution is -0.134. The van der Waals surface area contributed by atoms with Crippen LogP contribution in [-0.4, -0.2) is 18.9 Å². The first-order valence-electron chi connectivity index (χ1n) is 8.15. The molecule has 0 spiro atoms. The van der Waals surface area contributed by atoms with Gasteiger partial charge in [0.15, 0.2) is 0 Å². The highest BCUT2D eigenvalue weighted by molar-refractivity contribution is 6.03. The molecule has 25 heavy (non-hydrogen) atoms. The van der Waals surface area contributed by atoms with Gasteiger partial charge >= 0.3 is 0 Å². The summed E-state index contributed by atoms with van der Waals surface area (Å²) in [5.74, 6) is -0.0647. The molecule has 0 radical (unpaired) electrons. The summed E-state index contributed by atoms with van der Waals surface area (Å²) < 4.78 is 11.1. The molecule has 2 amide bonds. The van der Waals surface area contributed by atoms with Crippen LogP contribution in [0, 0.1) is 0 Å². The number of fused-ring (bicyclic) bond motifs is 1. The number of carbonyl (C=O) groups is 2. The first-order chi connectivity index (χ1) is 12.2. The molecule has 2 heterocycles. The van der Waals surface area contributed by atoms with Crippen LogP contribution < -0.4 is 10.1 Å². The van der Waals surface area contributed by atoms with Crippen LogP contribution in [0.5, 0.6) is 5.75 Å². The minimum Gasteiger partial charge on any atom is -0.496 e. The number of imide groups is 1. The fourth-order valence-electron chi connectivity index (χ4n) is 3.36. The number of furan rings is 1. The Balaban J connectivity index is 1.81. The highest BCUT2D eigenvalue weighted by Gasteiger charge is 2.30. The van der Waals surface area contributed by atoms with E-state index in [1.807, 2.05) is 42.5 Å². The van der Waals surface area contributed by atoms with Gasteiger partial charge in [0.05, 0.1) is 19.3 Å². The van der Waals surface area contributed by atoms with Gasteiger partial charge in [-0.15, -0.1) is 0 Å². The molecule has 5 nitrogen and oxygen atoms in total. The van der Waals surface area contributed by atoms with Gasteiger partial charge in [-0.3, -0.25) is 14.9 Å². The molecule has 1 aliphatic rings. The Kier molecular flexibility index (Phi) is 3.76. The van der Waals surface area contributed by atoms with Crippen molar-refractivity contribution in [3.8, 4) is 16.9 Å². The van der Waals surface area contributed by atoms with Gasteiger partial charge in [0.2, 0.25) is 11.8 Å². The number of ether oxygens (including phenoxy) is 1. The highest BCUT2D eigenvalue weighted by atomic mass is 16.5. The monoisotopic (exact) mass is 335 g/mol. The molecule has 5 heteroatoms. The minimum atomic E-state index is -0.369. The van der Waals surface area contributed by atoms with Crippen LogP contribution in [-0.2, 0) is 9.59 Å². The maximum atomic E-state index is 12.2. The van der Waals surface area contributed by atoms with Gasteiger partial charge in [0.25, 0.3) is 0 Å². The van der Waals surface area contributed by atoms with Gasteiger partial charge in [-0.05, 0) is 30.2 Å². The third-order valence-corrected chi connectivity index (χ3v) is 4.64. The van der Waals surface area contributed by atoms with E-state index < -0.39 is 0 Å². The normalized spacial score (nSPS) is 17.6. The van der Waals surface area contributed by atoms with E-state index >= 15 is 0 Å². The average Bonchev–Trinajstić information content (AvgIpc) is 3.04. The molecule has 1 aliphatic heterocycles. The number of benzene rings is 2. The molecule has 0 bridgehead atoms. The van der Waals surface area contributed by atoms with Crippen LogP contribution in [0.4, 0.5) is 0 Å². The van der Waals surface area contributed by atoms with Gasteiger partial charge in [0.1, 0.15) is 11.3 Å². The summed E-state index contributed by atoms with van der Waals surface area (Å²) in [6.45, 7) is 0. The van der Waals surface area contributed by atoms with Crippen LogP contribution in [0.25, 0.3) is 22.1 Å². The zero-order chi connectivity index (χ0) is 17.4. The molecule has 1 saturated heterocycles. The number of hydrogen-bond acceptors (Lipinski definition) is 4. The molecule has 0 aliphatic carbocycles. The summed E-state index contributed by atoms with van der Waals surface area (Å²) in [7, 11) is 1.64. The van der Waals surface area contributed by atoms with Gasteiger partial charge < -0.3 is 9.15 Å². The third-order valence-electron chi connectivity index (χ3n) is 4.64. The van der Waals surface area contributed by atoms with E-state index in [1.54, 1.807) is 13.4 Å². The SMILES string of the molecule is COc1ccccc1-c1ccc2occ(C3CCC(=O)NC3=O)c2c1. The molecule has 0 saturated carbocycles. The highest BCUT2D eigenvalue weighted by Crippen LogP contribution is 2.37. The van der Waals surface area contributed by atoms with Gasteiger partial charge in [0, 0.05) is 22.9 Å². The quantitative estimate of drug-likeness (QED) is 0.742. The van der Waals surface area contributed by atoms with Crippen LogP contribution in [0.15, 0.2) is 53.1 Å². The Morgan fingerprint density at radius 2 is 2.00 bits per heavy atom. The van der Waals surface area contributed by atoms with E-state index in [2.05, 4.69) is 5.32 Å². The predicted molar refractivity (Wildman–Crippen MR) is 93.3 cm³/mol. The molecular weight excluding hydrogens is 318 g/mol. The Bertz CT molecular complexity index is 973. The number of rotatable bonds is 3. The van der Waals surface area contributed by atoms with E-state index in [0.717, 1.165) is 33.4 Å². The summed E-state index contributed by atoms with van der Waals surface area (Å²) in [4.78, 5) is 23.6. The first-order valence-corrected chi connectivity index (χ1v) is 8.15. The lowest BCUT2D eigenvalue weighted by Crippen LogP contribution is -2.39. The third kappa shape index (κ3) is 2.67. The van der Waals surface area contributed by atoms with E-state index in [0.29, 0.717) is 12.8 Å². The molecule has 2 aromatic carbocycles. The van der Waals surface area contributed by atoms with Crippen LogP contribution in [0.2, 0.25) is 0 Å². The van der Waals surface area contributed by atoms with E-state index in [-0.39, 0.29) is 17.7 Å². The molecule has 1 N–H and O–H groups in total. The molecule has 1 aromatic heterocycles. The van der Waals surface area contributed by atoms with Crippen LogP contribution >= 0.6 is 0 Å². The summed E-state index contributed by atoms with van der Waals surface area (Å²) in [5.41, 5.74) is 3.50. The summed E-state index contributed by atoms with van der Waals surface area (Å²) in [6.07, 6.45) is 2.46. The first kappa shape index (κ1) is 15.4. The van der Waals surface area contributed by atoms with Crippen LogP contribution in [0.1, 0.15) is 24.3 Å². The Labute approximate surface area is 144 Å². The van der Waals surface area contributed by atoms with Crippen molar-refractivity contribution in [3.63, 3.8) is 0 Å². The maximum Gasteiger partial charge on any atom is 0.234 e. The Hall–Kier alpha value is -3.08. The number of amides is 2. The van der Waals surface area contributed by atoms with E-state index in [9.17, 15) is 9.59 Å². The van der Waals surface area contributed by atoms with Crippen molar-refractivity contribution < 1.29 is 18.7 Å². The van der Waals surface area contributed by atoms with Crippen molar-refractivity contribution in [2.45, 2.75) is 18.8 Å². The number of nitrogens with one attached hydrogen (secondary N) is 1. The fraction of sp³-hybridized carbons (Fsp3) is 0.200. The predicted octanol–water partition coefficient (Wildman–Crippen LogP) is 3.63. The Morgan fingerprint density at radius 1 is 1.16 bits per heavy atom. The van der Waals surface area contributed by atoms with Crippen LogP contribution in [0.3, 0.4) is 0 Å².